The first kappa shape index (κ1) is 25.3. The fraction of sp³-hybridized carbons (Fsp3) is 0.357. The number of nitrogens with zero attached hydrogens (tertiary/aromatic N) is 7. The van der Waals surface area contributed by atoms with Crippen molar-refractivity contribution in [2.24, 2.45) is 0 Å². The molecule has 0 aliphatic carbocycles. The summed E-state index contributed by atoms with van der Waals surface area (Å²) in [7, 11) is 0. The summed E-state index contributed by atoms with van der Waals surface area (Å²) in [6.45, 7) is 6.67. The molecule has 0 saturated carbocycles. The Morgan fingerprint density at radius 3 is 2.63 bits per heavy atom. The molecular formula is C28H31N7O3. The highest BCUT2D eigenvalue weighted by Gasteiger charge is 2.25. The van der Waals surface area contributed by atoms with Gasteiger partial charge >= 0.3 is 0 Å². The molecule has 1 saturated heterocycles. The lowest BCUT2D eigenvalue weighted by molar-refractivity contribution is -0.384. The van der Waals surface area contributed by atoms with Gasteiger partial charge in [-0.05, 0) is 31.0 Å². The molecule has 4 aromatic rings. The topological polar surface area (TPSA) is 110 Å². The number of aromatic nitrogens is 4. The van der Waals surface area contributed by atoms with E-state index in [0.29, 0.717) is 25.2 Å². The second-order valence-electron chi connectivity index (χ2n) is 9.66. The summed E-state index contributed by atoms with van der Waals surface area (Å²) in [5.41, 5.74) is 1.95. The Morgan fingerprint density at radius 1 is 1.05 bits per heavy atom. The molecule has 1 unspecified atom stereocenters. The molecule has 3 heterocycles. The number of benzene rings is 2. The minimum atomic E-state index is -0.478. The molecule has 38 heavy (non-hydrogen) atoms. The molecule has 1 atom stereocenters. The molecule has 1 fully saturated rings. The Bertz CT molecular complexity index is 1450. The van der Waals surface area contributed by atoms with E-state index in [1.165, 1.54) is 12.1 Å². The van der Waals surface area contributed by atoms with Gasteiger partial charge in [0.25, 0.3) is 11.6 Å². The molecule has 2 aromatic carbocycles. The van der Waals surface area contributed by atoms with Crippen molar-refractivity contribution in [2.75, 3.05) is 31.1 Å². The lowest BCUT2D eigenvalue weighted by Crippen LogP contribution is -2.35. The SMILES string of the molecule is CCCC(C)c1nc(N2CCCN(C(=O)c3cccc([N+](=O)[O-])c3)CC2)c2cnn(-c3ccccc3)c2n1. The highest BCUT2D eigenvalue weighted by Crippen LogP contribution is 2.30. The predicted molar refractivity (Wildman–Crippen MR) is 146 cm³/mol. The number of nitro benzene ring substituents is 1. The van der Waals surface area contributed by atoms with E-state index in [1.807, 2.05) is 41.2 Å². The molecule has 0 radical (unpaired) electrons. The standard InChI is InChI=1S/C28H31N7O3/c1-3-9-20(2)25-30-26(24-19-29-34(27(24)31-25)22-11-5-4-6-12-22)32-14-8-15-33(17-16-32)28(36)21-10-7-13-23(18-21)35(37)38/h4-7,10-13,18-20H,3,8-9,14-17H2,1-2H3. The van der Waals surface area contributed by atoms with Gasteiger partial charge in [-0.2, -0.15) is 5.10 Å². The van der Waals surface area contributed by atoms with Crippen LogP contribution in [0.1, 0.15) is 55.2 Å². The molecule has 196 valence electrons. The number of nitro groups is 1. The van der Waals surface area contributed by atoms with Crippen LogP contribution in [0.4, 0.5) is 11.5 Å². The van der Waals surface area contributed by atoms with Gasteiger partial charge in [0.15, 0.2) is 5.65 Å². The summed E-state index contributed by atoms with van der Waals surface area (Å²) in [6.07, 6.45) is 4.59. The van der Waals surface area contributed by atoms with Crippen LogP contribution in [0.25, 0.3) is 16.7 Å². The van der Waals surface area contributed by atoms with Crippen molar-refractivity contribution in [1.29, 1.82) is 0 Å². The number of para-hydroxylation sites is 1. The zero-order valence-electron chi connectivity index (χ0n) is 21.7. The van der Waals surface area contributed by atoms with Crippen molar-refractivity contribution in [2.45, 2.75) is 39.0 Å². The molecule has 0 spiro atoms. The highest BCUT2D eigenvalue weighted by atomic mass is 16.6. The average Bonchev–Trinajstić information content (AvgIpc) is 3.22. The van der Waals surface area contributed by atoms with E-state index in [1.54, 1.807) is 17.0 Å². The van der Waals surface area contributed by atoms with Crippen molar-refractivity contribution < 1.29 is 9.72 Å². The molecule has 0 bridgehead atoms. The molecule has 10 nitrogen and oxygen atoms in total. The molecular weight excluding hydrogens is 482 g/mol. The maximum Gasteiger partial charge on any atom is 0.270 e. The third kappa shape index (κ3) is 5.06. The van der Waals surface area contributed by atoms with E-state index in [2.05, 4.69) is 23.8 Å². The second-order valence-corrected chi connectivity index (χ2v) is 9.66. The van der Waals surface area contributed by atoms with Gasteiger partial charge in [-0.3, -0.25) is 14.9 Å². The third-order valence-electron chi connectivity index (χ3n) is 6.98. The first-order chi connectivity index (χ1) is 18.5. The largest absolute Gasteiger partial charge is 0.354 e. The van der Waals surface area contributed by atoms with Crippen molar-refractivity contribution in [3.05, 3.63) is 82.3 Å². The summed E-state index contributed by atoms with van der Waals surface area (Å²) in [6, 6.07) is 15.9. The Hall–Kier alpha value is -4.34. The number of carbonyl (C=O) groups excluding carboxylic acids is 1. The Balaban J connectivity index is 1.46. The average molecular weight is 514 g/mol. The monoisotopic (exact) mass is 513 g/mol. The molecule has 2 aromatic heterocycles. The van der Waals surface area contributed by atoms with Crippen molar-refractivity contribution in [1.82, 2.24) is 24.6 Å². The summed E-state index contributed by atoms with van der Waals surface area (Å²) >= 11 is 0. The van der Waals surface area contributed by atoms with Crippen LogP contribution in [-0.4, -0.2) is 61.7 Å². The van der Waals surface area contributed by atoms with E-state index in [4.69, 9.17) is 9.97 Å². The first-order valence-corrected chi connectivity index (χ1v) is 13.1. The van der Waals surface area contributed by atoms with Gasteiger partial charge in [0.2, 0.25) is 0 Å². The number of anilines is 1. The van der Waals surface area contributed by atoms with E-state index >= 15 is 0 Å². The Labute approximate surface area is 221 Å². The van der Waals surface area contributed by atoms with Crippen LogP contribution >= 0.6 is 0 Å². The Kier molecular flexibility index (Phi) is 7.30. The van der Waals surface area contributed by atoms with Gasteiger partial charge in [-0.25, -0.2) is 14.6 Å². The number of fused-ring (bicyclic) bond motifs is 1. The zero-order valence-corrected chi connectivity index (χ0v) is 21.7. The zero-order chi connectivity index (χ0) is 26.6. The molecule has 0 N–H and O–H groups in total. The first-order valence-electron chi connectivity index (χ1n) is 13.1. The van der Waals surface area contributed by atoms with Crippen LogP contribution in [0.3, 0.4) is 0 Å². The van der Waals surface area contributed by atoms with Crippen LogP contribution in [0.5, 0.6) is 0 Å². The third-order valence-corrected chi connectivity index (χ3v) is 6.98. The van der Waals surface area contributed by atoms with Crippen molar-refractivity contribution in [3.63, 3.8) is 0 Å². The van der Waals surface area contributed by atoms with E-state index in [9.17, 15) is 14.9 Å². The lowest BCUT2D eigenvalue weighted by Gasteiger charge is -2.24. The van der Waals surface area contributed by atoms with Gasteiger partial charge in [-0.15, -0.1) is 0 Å². The van der Waals surface area contributed by atoms with Gasteiger partial charge in [-0.1, -0.05) is 44.5 Å². The van der Waals surface area contributed by atoms with Crippen LogP contribution < -0.4 is 4.90 Å². The molecule has 1 aliphatic heterocycles. The maximum atomic E-state index is 13.2. The second kappa shape index (κ2) is 11.0. The minimum absolute atomic E-state index is 0.0835. The number of non-ortho nitro benzene ring substituents is 1. The molecule has 10 heteroatoms. The van der Waals surface area contributed by atoms with Crippen LogP contribution in [0.15, 0.2) is 60.8 Å². The molecule has 5 rings (SSSR count). The fourth-order valence-corrected chi connectivity index (χ4v) is 4.96. The van der Waals surface area contributed by atoms with Gasteiger partial charge in [0.05, 0.1) is 22.2 Å². The van der Waals surface area contributed by atoms with Crippen molar-refractivity contribution in [3.8, 4) is 5.69 Å². The lowest BCUT2D eigenvalue weighted by atomic mass is 10.1. The molecule has 1 amide bonds. The van der Waals surface area contributed by atoms with Crippen molar-refractivity contribution >= 4 is 28.4 Å². The minimum Gasteiger partial charge on any atom is -0.354 e. The summed E-state index contributed by atoms with van der Waals surface area (Å²) in [4.78, 5) is 37.9. The fourth-order valence-electron chi connectivity index (χ4n) is 4.96. The number of amides is 1. The summed E-state index contributed by atoms with van der Waals surface area (Å²) in [5, 5.41) is 16.7. The quantitative estimate of drug-likeness (QED) is 0.253. The predicted octanol–water partition coefficient (Wildman–Crippen LogP) is 4.98. The number of hydrogen-bond acceptors (Lipinski definition) is 7. The highest BCUT2D eigenvalue weighted by molar-refractivity contribution is 5.95. The number of rotatable bonds is 7. The van der Waals surface area contributed by atoms with Crippen LogP contribution in [0, 0.1) is 10.1 Å². The smallest absolute Gasteiger partial charge is 0.270 e. The molecule has 1 aliphatic rings. The van der Waals surface area contributed by atoms with E-state index in [-0.39, 0.29) is 17.5 Å². The van der Waals surface area contributed by atoms with Gasteiger partial charge < -0.3 is 9.80 Å². The summed E-state index contributed by atoms with van der Waals surface area (Å²) in [5.74, 6) is 1.62. The van der Waals surface area contributed by atoms with Gasteiger partial charge in [0.1, 0.15) is 11.6 Å². The summed E-state index contributed by atoms with van der Waals surface area (Å²) < 4.78 is 1.86. The Morgan fingerprint density at radius 2 is 1.87 bits per heavy atom. The van der Waals surface area contributed by atoms with Crippen LogP contribution in [0.2, 0.25) is 0 Å². The number of carbonyl (C=O) groups is 1. The van der Waals surface area contributed by atoms with Gasteiger partial charge in [0, 0.05) is 49.8 Å². The normalized spacial score (nSPS) is 14.9. The number of hydrogen-bond donors (Lipinski definition) is 0. The van der Waals surface area contributed by atoms with E-state index in [0.717, 1.165) is 54.2 Å². The maximum absolute atomic E-state index is 13.2. The van der Waals surface area contributed by atoms with Crippen LogP contribution in [-0.2, 0) is 0 Å². The van der Waals surface area contributed by atoms with E-state index < -0.39 is 4.92 Å².